The van der Waals surface area contributed by atoms with Crippen molar-refractivity contribution >= 4 is 23.6 Å². The number of benzene rings is 2. The Hall–Kier alpha value is -4.08. The van der Waals surface area contributed by atoms with Crippen molar-refractivity contribution in [3.05, 3.63) is 59.7 Å². The van der Waals surface area contributed by atoms with Gasteiger partial charge in [0.15, 0.2) is 0 Å². The van der Waals surface area contributed by atoms with Crippen LogP contribution in [0.2, 0.25) is 0 Å². The van der Waals surface area contributed by atoms with E-state index in [2.05, 4.69) is 16.0 Å². The Labute approximate surface area is 234 Å². The number of hydrogen-bond acceptors (Lipinski definition) is 6. The predicted molar refractivity (Wildman–Crippen MR) is 149 cm³/mol. The summed E-state index contributed by atoms with van der Waals surface area (Å²) in [6, 6.07) is 12.2. The number of rotatable bonds is 6. The Morgan fingerprint density at radius 2 is 1.85 bits per heavy atom. The lowest BCUT2D eigenvalue weighted by Crippen LogP contribution is -2.55. The average molecular weight is 551 g/mol. The molecule has 10 heteroatoms. The van der Waals surface area contributed by atoms with Crippen molar-refractivity contribution in [1.82, 2.24) is 20.9 Å². The maximum atomic E-state index is 13.5. The summed E-state index contributed by atoms with van der Waals surface area (Å²) in [4.78, 5) is 54.9. The highest BCUT2D eigenvalue weighted by Gasteiger charge is 2.37. The molecular weight excluding hydrogens is 512 g/mol. The molecule has 0 bridgehead atoms. The van der Waals surface area contributed by atoms with Crippen LogP contribution >= 0.6 is 0 Å². The lowest BCUT2D eigenvalue weighted by atomic mass is 10.0. The van der Waals surface area contributed by atoms with Crippen molar-refractivity contribution in [1.29, 1.82) is 0 Å². The van der Waals surface area contributed by atoms with Gasteiger partial charge >= 0.3 is 0 Å². The largest absolute Gasteiger partial charge is 0.492 e. The standard InChI is InChI=1S/C30H38N4O6/c1-19(2)27-30(38)34-15-6-7-21(34)18-40-25-9-5-4-8-23(25)28(36)32-24(17-26(35)33-27)29(37)31-14-16-39-22-12-10-20(3)11-13-22/h4-5,8-13,19,21,24,27H,6-7,14-18H2,1-3H3,(H,31,37)(H,32,36)(H,33,35)/t21-,24-,27+/m0/s1. The normalized spacial score (nSPS) is 21.9. The van der Waals surface area contributed by atoms with Gasteiger partial charge < -0.3 is 30.3 Å². The van der Waals surface area contributed by atoms with E-state index in [-0.39, 0.29) is 49.6 Å². The van der Waals surface area contributed by atoms with Gasteiger partial charge in [-0.1, -0.05) is 43.7 Å². The molecule has 0 saturated carbocycles. The van der Waals surface area contributed by atoms with Crippen LogP contribution in [-0.2, 0) is 14.4 Å². The first kappa shape index (κ1) is 28.9. The van der Waals surface area contributed by atoms with Gasteiger partial charge in [-0.15, -0.1) is 0 Å². The molecule has 3 atom stereocenters. The minimum atomic E-state index is -1.18. The van der Waals surface area contributed by atoms with E-state index in [9.17, 15) is 19.2 Å². The third kappa shape index (κ3) is 7.31. The van der Waals surface area contributed by atoms with Crippen molar-refractivity contribution in [2.75, 3.05) is 26.3 Å². The Bertz CT molecular complexity index is 1210. The van der Waals surface area contributed by atoms with E-state index in [0.717, 1.165) is 18.4 Å². The van der Waals surface area contributed by atoms with Crippen LogP contribution in [-0.4, -0.2) is 73.0 Å². The van der Waals surface area contributed by atoms with Gasteiger partial charge in [0.05, 0.1) is 24.6 Å². The van der Waals surface area contributed by atoms with E-state index in [1.54, 1.807) is 29.2 Å². The first-order chi connectivity index (χ1) is 19.2. The maximum absolute atomic E-state index is 13.5. The fourth-order valence-electron chi connectivity index (χ4n) is 4.92. The molecule has 0 unspecified atom stereocenters. The monoisotopic (exact) mass is 550 g/mol. The number of amides is 4. The van der Waals surface area contributed by atoms with Crippen LogP contribution in [0.25, 0.3) is 0 Å². The predicted octanol–water partition coefficient (Wildman–Crippen LogP) is 2.20. The summed E-state index contributed by atoms with van der Waals surface area (Å²) in [5.74, 6) is -0.879. The fourth-order valence-corrected chi connectivity index (χ4v) is 4.92. The molecule has 2 aromatic rings. The van der Waals surface area contributed by atoms with E-state index in [4.69, 9.17) is 9.47 Å². The van der Waals surface area contributed by atoms with Crippen LogP contribution in [0.5, 0.6) is 11.5 Å². The number of nitrogens with one attached hydrogen (secondary N) is 3. The zero-order valence-corrected chi connectivity index (χ0v) is 23.3. The molecule has 1 fully saturated rings. The average Bonchev–Trinajstić information content (AvgIpc) is 3.41. The Kier molecular flexibility index (Phi) is 9.63. The van der Waals surface area contributed by atoms with E-state index in [1.807, 2.05) is 45.0 Å². The quantitative estimate of drug-likeness (QED) is 0.474. The highest BCUT2D eigenvalue weighted by Crippen LogP contribution is 2.24. The summed E-state index contributed by atoms with van der Waals surface area (Å²) in [5, 5.41) is 8.26. The summed E-state index contributed by atoms with van der Waals surface area (Å²) in [6.07, 6.45) is 1.27. The van der Waals surface area contributed by atoms with E-state index in [0.29, 0.717) is 18.0 Å². The number of aryl methyl sites for hydroxylation is 1. The Morgan fingerprint density at radius 3 is 2.60 bits per heavy atom. The Morgan fingerprint density at radius 1 is 1.10 bits per heavy atom. The van der Waals surface area contributed by atoms with E-state index >= 15 is 0 Å². The Balaban J connectivity index is 1.51. The molecule has 0 aliphatic carbocycles. The van der Waals surface area contributed by atoms with Gasteiger partial charge in [0, 0.05) is 6.54 Å². The second kappa shape index (κ2) is 13.3. The van der Waals surface area contributed by atoms with Crippen LogP contribution in [0.1, 0.15) is 49.0 Å². The van der Waals surface area contributed by atoms with Gasteiger partial charge in [0.1, 0.15) is 36.8 Å². The number of hydrogen-bond donors (Lipinski definition) is 3. The number of nitrogens with zero attached hydrogens (tertiary/aromatic N) is 1. The summed E-state index contributed by atoms with van der Waals surface area (Å²) in [6.45, 7) is 6.88. The second-order valence-electron chi connectivity index (χ2n) is 10.6. The molecule has 2 aliphatic heterocycles. The number of fused-ring (bicyclic) bond motifs is 2. The molecule has 0 radical (unpaired) electrons. The molecule has 0 spiro atoms. The molecular formula is C30H38N4O6. The minimum absolute atomic E-state index is 0.162. The van der Waals surface area contributed by atoms with Crippen LogP contribution in [0.3, 0.4) is 0 Å². The fraction of sp³-hybridized carbons (Fsp3) is 0.467. The van der Waals surface area contributed by atoms with Gasteiger partial charge in [0.25, 0.3) is 5.91 Å². The smallest absolute Gasteiger partial charge is 0.255 e. The molecule has 214 valence electrons. The molecule has 2 aliphatic rings. The molecule has 10 nitrogen and oxygen atoms in total. The molecule has 4 rings (SSSR count). The number of carbonyl (C=O) groups is 4. The second-order valence-corrected chi connectivity index (χ2v) is 10.6. The first-order valence-electron chi connectivity index (χ1n) is 13.8. The first-order valence-corrected chi connectivity index (χ1v) is 13.8. The molecule has 1 saturated heterocycles. The van der Waals surface area contributed by atoms with Gasteiger partial charge in [-0.05, 0) is 49.9 Å². The van der Waals surface area contributed by atoms with Crippen LogP contribution < -0.4 is 25.4 Å². The van der Waals surface area contributed by atoms with Gasteiger partial charge in [0.2, 0.25) is 17.7 Å². The van der Waals surface area contributed by atoms with E-state index < -0.39 is 29.8 Å². The molecule has 0 aromatic heterocycles. The number of carbonyl (C=O) groups excluding carboxylic acids is 4. The van der Waals surface area contributed by atoms with Gasteiger partial charge in [-0.25, -0.2) is 0 Å². The molecule has 2 heterocycles. The summed E-state index contributed by atoms with van der Waals surface area (Å²) in [7, 11) is 0. The molecule has 2 aromatic carbocycles. The van der Waals surface area contributed by atoms with Gasteiger partial charge in [-0.3, -0.25) is 19.2 Å². The molecule has 4 amide bonds. The lowest BCUT2D eigenvalue weighted by molar-refractivity contribution is -0.139. The number of para-hydroxylation sites is 1. The summed E-state index contributed by atoms with van der Waals surface area (Å²) in [5.41, 5.74) is 1.36. The zero-order valence-electron chi connectivity index (χ0n) is 23.3. The SMILES string of the molecule is Cc1ccc(OCCNC(=O)[C@@H]2CC(=O)N[C@H](C(C)C)C(=O)N3CCC[C@H]3COc3ccccc3C(=O)N2)cc1. The number of ether oxygens (including phenoxy) is 2. The van der Waals surface area contributed by atoms with Crippen molar-refractivity contribution < 1.29 is 28.7 Å². The van der Waals surface area contributed by atoms with Crippen molar-refractivity contribution in [2.24, 2.45) is 5.92 Å². The highest BCUT2D eigenvalue weighted by molar-refractivity contribution is 6.01. The minimum Gasteiger partial charge on any atom is -0.492 e. The van der Waals surface area contributed by atoms with Crippen LogP contribution in [0.4, 0.5) is 0 Å². The third-order valence-corrected chi connectivity index (χ3v) is 7.17. The summed E-state index contributed by atoms with van der Waals surface area (Å²) >= 11 is 0. The topological polar surface area (TPSA) is 126 Å². The van der Waals surface area contributed by atoms with Crippen molar-refractivity contribution in [3.8, 4) is 11.5 Å². The molecule has 40 heavy (non-hydrogen) atoms. The van der Waals surface area contributed by atoms with Crippen molar-refractivity contribution in [3.63, 3.8) is 0 Å². The maximum Gasteiger partial charge on any atom is 0.255 e. The zero-order chi connectivity index (χ0) is 28.6. The molecule has 3 N–H and O–H groups in total. The van der Waals surface area contributed by atoms with Crippen LogP contribution in [0.15, 0.2) is 48.5 Å². The highest BCUT2D eigenvalue weighted by atomic mass is 16.5. The van der Waals surface area contributed by atoms with E-state index in [1.165, 1.54) is 0 Å². The third-order valence-electron chi connectivity index (χ3n) is 7.17. The summed E-state index contributed by atoms with van der Waals surface area (Å²) < 4.78 is 11.7. The van der Waals surface area contributed by atoms with Crippen LogP contribution in [0, 0.1) is 12.8 Å². The lowest BCUT2D eigenvalue weighted by Gasteiger charge is -2.32. The van der Waals surface area contributed by atoms with Gasteiger partial charge in [-0.2, -0.15) is 0 Å². The van der Waals surface area contributed by atoms with Crippen molar-refractivity contribution in [2.45, 2.75) is 58.2 Å².